The van der Waals surface area contributed by atoms with E-state index in [2.05, 4.69) is 0 Å². The molecular weight excluding hydrogens is 460 g/mol. The van der Waals surface area contributed by atoms with E-state index in [0.717, 1.165) is 16.4 Å². The van der Waals surface area contributed by atoms with Crippen molar-refractivity contribution >= 4 is 40.3 Å². The number of fused-ring (bicyclic) bond motifs is 1. The topological polar surface area (TPSA) is 65.5 Å². The van der Waals surface area contributed by atoms with E-state index in [1.807, 2.05) is 65.1 Å². The van der Waals surface area contributed by atoms with Gasteiger partial charge in [0, 0.05) is 36.9 Å². The number of thioether (sulfide) groups is 1. The minimum absolute atomic E-state index is 0.0407. The Morgan fingerprint density at radius 3 is 2.64 bits per heavy atom. The Hall–Kier alpha value is -2.29. The minimum Gasteiger partial charge on any atom is -0.378 e. The molecule has 9 heteroatoms. The third kappa shape index (κ3) is 4.83. The summed E-state index contributed by atoms with van der Waals surface area (Å²) in [5.74, 6) is 0.0140. The van der Waals surface area contributed by atoms with Crippen LogP contribution in [0.15, 0.2) is 51.6 Å². The third-order valence-corrected chi connectivity index (χ3v) is 7.27. The van der Waals surface area contributed by atoms with Gasteiger partial charge >= 0.3 is 0 Å². The fourth-order valence-corrected chi connectivity index (χ4v) is 5.56. The molecule has 1 fully saturated rings. The fourth-order valence-electron chi connectivity index (χ4n) is 4.40. The molecule has 1 saturated heterocycles. The van der Waals surface area contributed by atoms with Crippen molar-refractivity contribution in [3.63, 3.8) is 0 Å². The van der Waals surface area contributed by atoms with E-state index < -0.39 is 6.04 Å². The van der Waals surface area contributed by atoms with Gasteiger partial charge in [0.25, 0.3) is 5.91 Å². The van der Waals surface area contributed by atoms with Gasteiger partial charge in [0.2, 0.25) is 5.91 Å². The van der Waals surface area contributed by atoms with Crippen molar-refractivity contribution in [3.05, 3.63) is 57.2 Å². The molecule has 3 aliphatic heterocycles. The maximum atomic E-state index is 13.6. The molecule has 0 aliphatic carbocycles. The first kappa shape index (κ1) is 23.9. The van der Waals surface area contributed by atoms with Gasteiger partial charge in [0.15, 0.2) is 5.17 Å². The largest absolute Gasteiger partial charge is 0.378 e. The highest BCUT2D eigenvalue weighted by molar-refractivity contribution is 8.16. The molecular formula is C24H29ClN4O3S. The first-order valence-electron chi connectivity index (χ1n) is 11.3. The van der Waals surface area contributed by atoms with Crippen LogP contribution in [-0.4, -0.2) is 71.1 Å². The number of likely N-dealkylation sites (N-methyl/N-ethyl adjacent to an activating group) is 1. The number of aliphatic imine (C=N–C) groups is 1. The van der Waals surface area contributed by atoms with Crippen molar-refractivity contribution in [1.82, 2.24) is 14.7 Å². The van der Waals surface area contributed by atoms with Crippen LogP contribution in [0.5, 0.6) is 0 Å². The van der Waals surface area contributed by atoms with Gasteiger partial charge in [-0.15, -0.1) is 0 Å². The van der Waals surface area contributed by atoms with E-state index in [9.17, 15) is 9.59 Å². The van der Waals surface area contributed by atoms with Crippen LogP contribution in [0.2, 0.25) is 5.02 Å². The number of rotatable bonds is 6. The number of hydrogen-bond donors (Lipinski definition) is 0. The molecule has 0 bridgehead atoms. The normalized spacial score (nSPS) is 20.4. The molecule has 1 unspecified atom stereocenters. The summed E-state index contributed by atoms with van der Waals surface area (Å²) in [6.45, 7) is 9.37. The van der Waals surface area contributed by atoms with Crippen LogP contribution < -0.4 is 0 Å². The summed E-state index contributed by atoms with van der Waals surface area (Å²) in [4.78, 5) is 37.1. The zero-order valence-electron chi connectivity index (χ0n) is 19.2. The number of allylic oxidation sites excluding steroid dienone is 1. The Balaban J connectivity index is 1.72. The lowest BCUT2D eigenvalue weighted by molar-refractivity contribution is -0.134. The van der Waals surface area contributed by atoms with Gasteiger partial charge in [-0.1, -0.05) is 35.5 Å². The number of carbonyl (C=O) groups is 2. The van der Waals surface area contributed by atoms with Gasteiger partial charge in [0.05, 0.1) is 36.9 Å². The highest BCUT2D eigenvalue weighted by Crippen LogP contribution is 2.45. The van der Waals surface area contributed by atoms with Gasteiger partial charge in [-0.25, -0.2) is 4.99 Å². The molecule has 1 atom stereocenters. The van der Waals surface area contributed by atoms with Crippen LogP contribution in [0.25, 0.3) is 0 Å². The molecule has 0 spiro atoms. The van der Waals surface area contributed by atoms with Crippen molar-refractivity contribution in [1.29, 1.82) is 0 Å². The highest BCUT2D eigenvalue weighted by Gasteiger charge is 2.41. The third-order valence-electron chi connectivity index (χ3n) is 6.14. The number of ether oxygens (including phenoxy) is 1. The van der Waals surface area contributed by atoms with Crippen LogP contribution in [0.3, 0.4) is 0 Å². The molecule has 1 aromatic rings. The van der Waals surface area contributed by atoms with E-state index in [-0.39, 0.29) is 18.2 Å². The number of carbonyl (C=O) groups excluding carboxylic acids is 2. The predicted octanol–water partition coefficient (Wildman–Crippen LogP) is 4.03. The van der Waals surface area contributed by atoms with E-state index in [0.29, 0.717) is 55.7 Å². The van der Waals surface area contributed by atoms with Crippen molar-refractivity contribution < 1.29 is 14.3 Å². The van der Waals surface area contributed by atoms with Gasteiger partial charge in [-0.2, -0.15) is 0 Å². The predicted molar refractivity (Wildman–Crippen MR) is 132 cm³/mol. The molecule has 0 aromatic heterocycles. The molecule has 0 N–H and O–H groups in total. The van der Waals surface area contributed by atoms with Gasteiger partial charge < -0.3 is 19.4 Å². The summed E-state index contributed by atoms with van der Waals surface area (Å²) < 4.78 is 5.38. The average Bonchev–Trinajstić information content (AvgIpc) is 3.21. The summed E-state index contributed by atoms with van der Waals surface area (Å²) in [6.07, 6.45) is 0.245. The first-order valence-corrected chi connectivity index (χ1v) is 12.5. The number of benzene rings is 1. The Morgan fingerprint density at radius 2 is 1.97 bits per heavy atom. The van der Waals surface area contributed by atoms with E-state index in [1.54, 1.807) is 0 Å². The number of hydrogen-bond acceptors (Lipinski definition) is 6. The molecule has 3 aliphatic rings. The van der Waals surface area contributed by atoms with E-state index in [1.165, 1.54) is 11.8 Å². The second-order valence-electron chi connectivity index (χ2n) is 8.10. The van der Waals surface area contributed by atoms with Crippen LogP contribution >= 0.6 is 23.4 Å². The molecule has 1 aromatic carbocycles. The van der Waals surface area contributed by atoms with Crippen molar-refractivity contribution in [2.45, 2.75) is 33.2 Å². The highest BCUT2D eigenvalue weighted by atomic mass is 35.5. The Labute approximate surface area is 204 Å². The lowest BCUT2D eigenvalue weighted by atomic mass is 9.92. The van der Waals surface area contributed by atoms with Crippen LogP contribution in [0, 0.1) is 0 Å². The standard InChI is InChI=1S/C24H29ClN4O3S/c1-4-27(5-2)23(31)21-16(3)26-24-29(22(21)17-7-6-8-18(25)13-17)19(15-33-24)14-20(30)28-9-11-32-12-10-28/h6-8,13,15,22H,4-5,9-12,14H2,1-3H3. The fraction of sp³-hybridized carbons (Fsp3) is 0.458. The Bertz CT molecular complexity index is 1030. The molecule has 2 amide bonds. The number of nitrogens with zero attached hydrogens (tertiary/aromatic N) is 4. The molecule has 33 heavy (non-hydrogen) atoms. The molecule has 0 saturated carbocycles. The smallest absolute Gasteiger partial charge is 0.254 e. The summed E-state index contributed by atoms with van der Waals surface area (Å²) >= 11 is 7.85. The lowest BCUT2D eigenvalue weighted by Gasteiger charge is -2.38. The lowest BCUT2D eigenvalue weighted by Crippen LogP contribution is -2.43. The number of morpholine rings is 1. The number of amidine groups is 1. The quantitative estimate of drug-likeness (QED) is 0.604. The molecule has 0 radical (unpaired) electrons. The first-order chi connectivity index (χ1) is 15.9. The van der Waals surface area contributed by atoms with Crippen molar-refractivity contribution in [3.8, 4) is 0 Å². The van der Waals surface area contributed by atoms with Gasteiger partial charge in [-0.3, -0.25) is 9.59 Å². The summed E-state index contributed by atoms with van der Waals surface area (Å²) in [6, 6.07) is 7.18. The summed E-state index contributed by atoms with van der Waals surface area (Å²) in [5.41, 5.74) is 3.07. The zero-order chi connectivity index (χ0) is 23.5. The van der Waals surface area contributed by atoms with Crippen LogP contribution in [0.4, 0.5) is 0 Å². The molecule has 3 heterocycles. The summed E-state index contributed by atoms with van der Waals surface area (Å²) in [7, 11) is 0. The Kier molecular flexibility index (Phi) is 7.46. The maximum absolute atomic E-state index is 13.6. The average molecular weight is 489 g/mol. The number of amides is 2. The van der Waals surface area contributed by atoms with Crippen molar-refractivity contribution in [2.24, 2.45) is 4.99 Å². The van der Waals surface area contributed by atoms with Crippen LogP contribution in [0.1, 0.15) is 38.8 Å². The van der Waals surface area contributed by atoms with E-state index in [4.69, 9.17) is 21.3 Å². The number of halogens is 1. The zero-order valence-corrected chi connectivity index (χ0v) is 20.8. The van der Waals surface area contributed by atoms with Gasteiger partial charge in [-0.05, 0) is 43.9 Å². The monoisotopic (exact) mass is 488 g/mol. The van der Waals surface area contributed by atoms with Crippen LogP contribution in [-0.2, 0) is 14.3 Å². The molecule has 4 rings (SSSR count). The minimum atomic E-state index is -0.400. The van der Waals surface area contributed by atoms with Gasteiger partial charge in [0.1, 0.15) is 0 Å². The molecule has 176 valence electrons. The summed E-state index contributed by atoms with van der Waals surface area (Å²) in [5, 5.41) is 3.36. The SMILES string of the molecule is CCN(CC)C(=O)C1=C(C)N=C2SC=C(CC(=O)N3CCOCC3)N2C1c1cccc(Cl)c1. The van der Waals surface area contributed by atoms with E-state index >= 15 is 0 Å². The molecule has 7 nitrogen and oxygen atoms in total. The Morgan fingerprint density at radius 1 is 1.24 bits per heavy atom. The second-order valence-corrected chi connectivity index (χ2v) is 9.37. The van der Waals surface area contributed by atoms with Crippen molar-refractivity contribution in [2.75, 3.05) is 39.4 Å². The maximum Gasteiger partial charge on any atom is 0.254 e. The second kappa shape index (κ2) is 10.3.